The Hall–Kier alpha value is -4.36. The summed E-state index contributed by atoms with van der Waals surface area (Å²) in [6.07, 6.45) is -0.417. The third kappa shape index (κ3) is 8.56. The predicted molar refractivity (Wildman–Crippen MR) is 146 cm³/mol. The second kappa shape index (κ2) is 13.8. The van der Waals surface area contributed by atoms with E-state index in [9.17, 15) is 14.4 Å². The number of carbonyl (C=O) groups excluding carboxylic acids is 3. The number of carbonyl (C=O) groups is 3. The van der Waals surface area contributed by atoms with Crippen LogP contribution in [0, 0.1) is 0 Å². The third-order valence-electron chi connectivity index (χ3n) is 6.37. The lowest BCUT2D eigenvalue weighted by Gasteiger charge is -2.24. The van der Waals surface area contributed by atoms with Crippen molar-refractivity contribution in [1.29, 1.82) is 0 Å². The van der Waals surface area contributed by atoms with Crippen molar-refractivity contribution in [3.63, 3.8) is 0 Å². The zero-order valence-corrected chi connectivity index (χ0v) is 23.1. The highest BCUT2D eigenvalue weighted by atomic mass is 16.6. The molecule has 1 fully saturated rings. The van der Waals surface area contributed by atoms with Gasteiger partial charge in [0, 0.05) is 13.0 Å². The minimum absolute atomic E-state index is 0.0181. The van der Waals surface area contributed by atoms with Gasteiger partial charge in [0.05, 0.1) is 37.4 Å². The fourth-order valence-corrected chi connectivity index (χ4v) is 4.11. The molecule has 0 spiro atoms. The standard InChI is InChI=1S/C28H35N7O6/c1-28(2,29)26(37)30-23(19-39-18-20-9-5-3-6-10-20)24-31-32-33-35(24)15-16-40-27(38)34-14-13-22(17-34)41-25(36)21-11-7-4-8-12-21/h3-12,22-23H,13-19,29H2,1-2H3,(H,30,37)/t22?,23-/m1/s1. The van der Waals surface area contributed by atoms with Gasteiger partial charge >= 0.3 is 12.1 Å². The van der Waals surface area contributed by atoms with Crippen LogP contribution in [-0.2, 0) is 32.2 Å². The number of nitrogens with zero attached hydrogens (tertiary/aromatic N) is 5. The van der Waals surface area contributed by atoms with Crippen LogP contribution in [0.3, 0.4) is 0 Å². The first kappa shape index (κ1) is 29.6. The van der Waals surface area contributed by atoms with Gasteiger partial charge in [0.1, 0.15) is 18.8 Å². The summed E-state index contributed by atoms with van der Waals surface area (Å²) in [4.78, 5) is 39.1. The summed E-state index contributed by atoms with van der Waals surface area (Å²) in [6, 6.07) is 17.6. The molecule has 2 amide bonds. The van der Waals surface area contributed by atoms with E-state index in [4.69, 9.17) is 19.9 Å². The molecule has 41 heavy (non-hydrogen) atoms. The van der Waals surface area contributed by atoms with Gasteiger partial charge in [0.2, 0.25) is 5.91 Å². The second-order valence-corrected chi connectivity index (χ2v) is 10.3. The number of ether oxygens (including phenoxy) is 3. The van der Waals surface area contributed by atoms with Crippen LogP contribution < -0.4 is 11.1 Å². The summed E-state index contributed by atoms with van der Waals surface area (Å²) in [7, 11) is 0. The molecule has 1 unspecified atom stereocenters. The van der Waals surface area contributed by atoms with Gasteiger partial charge in [0.15, 0.2) is 5.82 Å². The van der Waals surface area contributed by atoms with E-state index in [2.05, 4.69) is 20.8 Å². The van der Waals surface area contributed by atoms with Crippen LogP contribution in [0.25, 0.3) is 0 Å². The highest BCUT2D eigenvalue weighted by Crippen LogP contribution is 2.17. The maximum absolute atomic E-state index is 12.7. The average molecular weight is 566 g/mol. The van der Waals surface area contributed by atoms with Crippen molar-refractivity contribution in [3.05, 3.63) is 77.6 Å². The largest absolute Gasteiger partial charge is 0.457 e. The Labute approximate surface area is 237 Å². The molecule has 0 aliphatic carbocycles. The van der Waals surface area contributed by atoms with Gasteiger partial charge in [-0.05, 0) is 42.0 Å². The number of likely N-dealkylation sites (tertiary alicyclic amines) is 1. The van der Waals surface area contributed by atoms with E-state index in [-0.39, 0.29) is 26.3 Å². The van der Waals surface area contributed by atoms with E-state index >= 15 is 0 Å². The number of tetrazole rings is 1. The van der Waals surface area contributed by atoms with Gasteiger partial charge in [-0.15, -0.1) is 5.10 Å². The number of hydrogen-bond donors (Lipinski definition) is 2. The molecule has 0 radical (unpaired) electrons. The summed E-state index contributed by atoms with van der Waals surface area (Å²) in [6.45, 7) is 4.39. The van der Waals surface area contributed by atoms with Gasteiger partial charge in [-0.1, -0.05) is 48.5 Å². The molecule has 3 aromatic rings. The van der Waals surface area contributed by atoms with Crippen molar-refractivity contribution in [1.82, 2.24) is 30.4 Å². The fourth-order valence-electron chi connectivity index (χ4n) is 4.11. The van der Waals surface area contributed by atoms with Crippen molar-refractivity contribution in [2.24, 2.45) is 5.73 Å². The number of hydrogen-bond acceptors (Lipinski definition) is 10. The first-order valence-electron chi connectivity index (χ1n) is 13.4. The van der Waals surface area contributed by atoms with Crippen LogP contribution in [-0.4, -0.2) is 81.0 Å². The van der Waals surface area contributed by atoms with E-state index in [1.54, 1.807) is 38.1 Å². The lowest BCUT2D eigenvalue weighted by molar-refractivity contribution is -0.126. The lowest BCUT2D eigenvalue weighted by atomic mass is 10.1. The molecule has 3 N–H and O–H groups in total. The highest BCUT2D eigenvalue weighted by Gasteiger charge is 2.31. The van der Waals surface area contributed by atoms with Crippen LogP contribution >= 0.6 is 0 Å². The summed E-state index contributed by atoms with van der Waals surface area (Å²) >= 11 is 0. The second-order valence-electron chi connectivity index (χ2n) is 10.3. The summed E-state index contributed by atoms with van der Waals surface area (Å²) in [5.74, 6) is -0.492. The summed E-state index contributed by atoms with van der Waals surface area (Å²) in [5, 5.41) is 14.7. The van der Waals surface area contributed by atoms with E-state index in [0.717, 1.165) is 5.56 Å². The maximum atomic E-state index is 12.7. The van der Waals surface area contributed by atoms with Gasteiger partial charge < -0.3 is 30.2 Å². The molecule has 2 atom stereocenters. The first-order valence-corrected chi connectivity index (χ1v) is 13.4. The number of amides is 2. The van der Waals surface area contributed by atoms with Crippen molar-refractivity contribution in [3.8, 4) is 0 Å². The van der Waals surface area contributed by atoms with Crippen LogP contribution in [0.2, 0.25) is 0 Å². The van der Waals surface area contributed by atoms with E-state index in [1.807, 2.05) is 36.4 Å². The van der Waals surface area contributed by atoms with E-state index < -0.39 is 35.7 Å². The van der Waals surface area contributed by atoms with E-state index in [0.29, 0.717) is 31.0 Å². The number of rotatable bonds is 12. The zero-order valence-electron chi connectivity index (χ0n) is 23.1. The van der Waals surface area contributed by atoms with Crippen LogP contribution in [0.15, 0.2) is 60.7 Å². The van der Waals surface area contributed by atoms with Gasteiger partial charge in [-0.3, -0.25) is 4.79 Å². The van der Waals surface area contributed by atoms with Crippen molar-refractivity contribution < 1.29 is 28.6 Å². The minimum Gasteiger partial charge on any atom is -0.457 e. The number of nitrogens with one attached hydrogen (secondary N) is 1. The molecule has 218 valence electrons. The first-order chi connectivity index (χ1) is 19.7. The summed E-state index contributed by atoms with van der Waals surface area (Å²) in [5.41, 5.74) is 6.28. The molecule has 1 saturated heterocycles. The summed E-state index contributed by atoms with van der Waals surface area (Å²) < 4.78 is 18.3. The Bertz CT molecular complexity index is 1300. The van der Waals surface area contributed by atoms with E-state index in [1.165, 1.54) is 9.58 Å². The predicted octanol–water partition coefficient (Wildman–Crippen LogP) is 1.85. The molecular weight excluding hydrogens is 530 g/mol. The number of benzene rings is 2. The van der Waals surface area contributed by atoms with Crippen LogP contribution in [0.4, 0.5) is 4.79 Å². The quantitative estimate of drug-likeness (QED) is 0.310. The van der Waals surface area contributed by atoms with Gasteiger partial charge in [-0.25, -0.2) is 14.3 Å². The molecular formula is C28H35N7O6. The number of aromatic nitrogens is 4. The molecule has 0 bridgehead atoms. The molecule has 0 saturated carbocycles. The number of nitrogens with two attached hydrogens (primary N) is 1. The average Bonchev–Trinajstić information content (AvgIpc) is 3.63. The van der Waals surface area contributed by atoms with Gasteiger partial charge in [0.25, 0.3) is 0 Å². The molecule has 1 aromatic heterocycles. The molecule has 1 aliphatic rings. The Morgan fingerprint density at radius 2 is 1.80 bits per heavy atom. The molecule has 4 rings (SSSR count). The highest BCUT2D eigenvalue weighted by molar-refractivity contribution is 5.89. The molecule has 2 heterocycles. The Kier molecular flexibility index (Phi) is 9.98. The SMILES string of the molecule is CC(C)(N)C(=O)N[C@H](COCc1ccccc1)c1nnnn1CCOC(=O)N1CCC(OC(=O)c2ccccc2)C1. The molecule has 2 aromatic carbocycles. The number of esters is 1. The topological polar surface area (TPSA) is 164 Å². The Balaban J connectivity index is 1.29. The maximum Gasteiger partial charge on any atom is 0.409 e. The molecule has 13 nitrogen and oxygen atoms in total. The smallest absolute Gasteiger partial charge is 0.409 e. The Morgan fingerprint density at radius 1 is 1.10 bits per heavy atom. The van der Waals surface area contributed by atoms with Crippen molar-refractivity contribution in [2.45, 2.75) is 51.1 Å². The lowest BCUT2D eigenvalue weighted by Crippen LogP contribution is -2.51. The monoisotopic (exact) mass is 565 g/mol. The minimum atomic E-state index is -1.13. The molecule has 13 heteroatoms. The van der Waals surface area contributed by atoms with Crippen molar-refractivity contribution in [2.75, 3.05) is 26.3 Å². The Morgan fingerprint density at radius 3 is 2.51 bits per heavy atom. The third-order valence-corrected chi connectivity index (χ3v) is 6.37. The zero-order chi connectivity index (χ0) is 29.2. The van der Waals surface area contributed by atoms with Crippen molar-refractivity contribution >= 4 is 18.0 Å². The van der Waals surface area contributed by atoms with Gasteiger partial charge in [-0.2, -0.15) is 0 Å². The van der Waals surface area contributed by atoms with Crippen LogP contribution in [0.1, 0.15) is 48.1 Å². The molecule has 1 aliphatic heterocycles. The normalized spacial score (nSPS) is 15.8. The fraction of sp³-hybridized carbons (Fsp3) is 0.429. The van der Waals surface area contributed by atoms with Crippen LogP contribution in [0.5, 0.6) is 0 Å².